The van der Waals surface area contributed by atoms with E-state index in [1.54, 1.807) is 11.3 Å². The van der Waals surface area contributed by atoms with Crippen molar-refractivity contribution < 1.29 is 30.3 Å². The summed E-state index contributed by atoms with van der Waals surface area (Å²) in [5.74, 6) is 1.19. The topological polar surface area (TPSA) is 53.4 Å². The number of hydrogen-bond donors (Lipinski definition) is 2. The van der Waals surface area contributed by atoms with E-state index < -0.39 is 0 Å². The molecule has 2 N–H and O–H groups in total. The molecule has 0 aliphatic heterocycles. The number of para-hydroxylation sites is 1. The van der Waals surface area contributed by atoms with Gasteiger partial charge in [-0.2, -0.15) is 11.3 Å². The number of aliphatic hydroxyl groups excluding tert-OH is 2. The largest absolute Gasteiger partial charge is 0.392 e. The van der Waals surface area contributed by atoms with Gasteiger partial charge >= 0.3 is 0 Å². The third-order valence-electron chi connectivity index (χ3n) is 10.0. The van der Waals surface area contributed by atoms with Gasteiger partial charge in [0.1, 0.15) is 0 Å². The summed E-state index contributed by atoms with van der Waals surface area (Å²) >= 11 is 1.73. The van der Waals surface area contributed by atoms with Crippen molar-refractivity contribution in [3.8, 4) is 10.6 Å². The molecule has 0 amide bonds. The van der Waals surface area contributed by atoms with Crippen LogP contribution in [0.25, 0.3) is 20.8 Å². The zero-order valence-corrected chi connectivity index (χ0v) is 27.2. The van der Waals surface area contributed by atoms with Crippen LogP contribution >= 0.6 is 11.3 Å². The van der Waals surface area contributed by atoms with Gasteiger partial charge in [-0.15, -0.1) is 35.4 Å². The molecule has 3 nitrogen and oxygen atoms in total. The van der Waals surface area contributed by atoms with Gasteiger partial charge in [0.05, 0.1) is 17.7 Å². The minimum Gasteiger partial charge on any atom is -0.392 e. The summed E-state index contributed by atoms with van der Waals surface area (Å²) in [6, 6.07) is 17.9. The Bertz CT molecular complexity index is 1130. The van der Waals surface area contributed by atoms with Crippen LogP contribution in [-0.4, -0.2) is 27.4 Å². The van der Waals surface area contributed by atoms with Gasteiger partial charge in [-0.3, -0.25) is 4.98 Å². The number of nitrogens with zero attached hydrogens (tertiary/aromatic N) is 1. The summed E-state index contributed by atoms with van der Waals surface area (Å²) in [7, 11) is 0. The molecule has 5 rings (SSSR count). The molecule has 0 bridgehead atoms. The van der Waals surface area contributed by atoms with Crippen molar-refractivity contribution in [3.05, 3.63) is 54.1 Å². The van der Waals surface area contributed by atoms with Crippen molar-refractivity contribution in [2.24, 2.45) is 22.7 Å². The standard InChI is InChI=1S/C17H32O2.C16H14NS.Ir/c1-5-16(6-2)10-9-12-11-17(7-3,8-4)15(19)13(12)14(16)18;1-11(2)12-6-5-7-13(10-12)16-17-14-8-3-4-9-15(14)18-16;/h12-15,18-19H,5-11H2,1-4H3;3-6,8-11H,1-2H3;/q;-1;. The normalized spacial score (nSPS) is 25.4. The first-order valence-corrected chi connectivity index (χ1v) is 15.3. The summed E-state index contributed by atoms with van der Waals surface area (Å²) in [4.78, 5) is 4.67. The van der Waals surface area contributed by atoms with E-state index in [-0.39, 0.29) is 49.1 Å². The summed E-state index contributed by atoms with van der Waals surface area (Å²) in [6.45, 7) is 13.2. The molecule has 211 valence electrons. The predicted molar refractivity (Wildman–Crippen MR) is 157 cm³/mol. The Morgan fingerprint density at radius 2 is 1.61 bits per heavy atom. The molecule has 0 spiro atoms. The van der Waals surface area contributed by atoms with Crippen LogP contribution in [0, 0.1) is 28.7 Å². The molecule has 1 aromatic heterocycles. The molecule has 38 heavy (non-hydrogen) atoms. The van der Waals surface area contributed by atoms with Gasteiger partial charge in [0, 0.05) is 35.7 Å². The smallest absolute Gasteiger partial charge is 0.0697 e. The van der Waals surface area contributed by atoms with Crippen molar-refractivity contribution in [1.29, 1.82) is 0 Å². The van der Waals surface area contributed by atoms with Gasteiger partial charge in [0.2, 0.25) is 0 Å². The monoisotopic (exact) mass is 713 g/mol. The third-order valence-corrected chi connectivity index (χ3v) is 11.1. The molecule has 2 saturated carbocycles. The van der Waals surface area contributed by atoms with Crippen LogP contribution in [-0.2, 0) is 20.1 Å². The maximum absolute atomic E-state index is 10.9. The van der Waals surface area contributed by atoms with E-state index in [0.29, 0.717) is 11.8 Å². The molecule has 1 heterocycles. The number of fused-ring (bicyclic) bond motifs is 2. The van der Waals surface area contributed by atoms with E-state index >= 15 is 0 Å². The van der Waals surface area contributed by atoms with Crippen LogP contribution < -0.4 is 0 Å². The summed E-state index contributed by atoms with van der Waals surface area (Å²) in [5.41, 5.74) is 3.62. The van der Waals surface area contributed by atoms with Crippen molar-refractivity contribution >= 4 is 21.6 Å². The number of rotatable bonds is 6. The minimum absolute atomic E-state index is 0. The molecule has 5 heteroatoms. The molecule has 4 atom stereocenters. The summed E-state index contributed by atoms with van der Waals surface area (Å²) in [5, 5.41) is 22.8. The first kappa shape index (κ1) is 31.4. The molecule has 3 aromatic rings. The number of hydrogen-bond acceptors (Lipinski definition) is 4. The molecule has 4 unspecified atom stereocenters. The summed E-state index contributed by atoms with van der Waals surface area (Å²) in [6.07, 6.45) is 6.98. The van der Waals surface area contributed by atoms with Gasteiger partial charge < -0.3 is 10.2 Å². The van der Waals surface area contributed by atoms with E-state index in [9.17, 15) is 10.2 Å². The van der Waals surface area contributed by atoms with Crippen LogP contribution in [0.1, 0.15) is 98.0 Å². The average molecular weight is 713 g/mol. The molecule has 0 saturated heterocycles. The van der Waals surface area contributed by atoms with Gasteiger partial charge in [0.15, 0.2) is 0 Å². The van der Waals surface area contributed by atoms with E-state index in [2.05, 4.69) is 82.9 Å². The second-order valence-corrected chi connectivity index (χ2v) is 12.8. The van der Waals surface area contributed by atoms with Crippen LogP contribution in [0.2, 0.25) is 0 Å². The maximum atomic E-state index is 10.9. The molecule has 1 radical (unpaired) electrons. The van der Waals surface area contributed by atoms with Gasteiger partial charge in [0.25, 0.3) is 0 Å². The fourth-order valence-electron chi connectivity index (χ4n) is 7.13. The predicted octanol–water partition coefficient (Wildman–Crippen LogP) is 8.64. The average Bonchev–Trinajstić information content (AvgIpc) is 3.49. The summed E-state index contributed by atoms with van der Waals surface area (Å²) < 4.78 is 1.23. The van der Waals surface area contributed by atoms with Crippen molar-refractivity contribution in [1.82, 2.24) is 4.98 Å². The maximum Gasteiger partial charge on any atom is 0.0697 e. The Morgan fingerprint density at radius 3 is 2.21 bits per heavy atom. The minimum atomic E-state index is -0.309. The first-order valence-electron chi connectivity index (χ1n) is 14.5. The van der Waals surface area contributed by atoms with Crippen molar-refractivity contribution in [3.63, 3.8) is 0 Å². The first-order chi connectivity index (χ1) is 17.7. The van der Waals surface area contributed by atoms with Gasteiger partial charge in [-0.1, -0.05) is 53.7 Å². The molecule has 2 aliphatic rings. The van der Waals surface area contributed by atoms with E-state index in [0.717, 1.165) is 54.6 Å². The number of aromatic nitrogens is 1. The number of benzene rings is 2. The number of thiazole rings is 1. The Balaban J connectivity index is 0.000000205. The zero-order chi connectivity index (χ0) is 26.8. The molecular weight excluding hydrogens is 667 g/mol. The van der Waals surface area contributed by atoms with Crippen LogP contribution in [0.15, 0.2) is 42.5 Å². The van der Waals surface area contributed by atoms with Crippen LogP contribution in [0.3, 0.4) is 0 Å². The second-order valence-electron chi connectivity index (χ2n) is 11.8. The third kappa shape index (κ3) is 5.84. The van der Waals surface area contributed by atoms with Crippen LogP contribution in [0.5, 0.6) is 0 Å². The Hall–Kier alpha value is -1.10. The Kier molecular flexibility index (Phi) is 10.8. The van der Waals surface area contributed by atoms with E-state index in [4.69, 9.17) is 0 Å². The molecule has 2 fully saturated rings. The Morgan fingerprint density at radius 1 is 0.974 bits per heavy atom. The molecule has 2 aliphatic carbocycles. The van der Waals surface area contributed by atoms with Crippen molar-refractivity contribution in [2.75, 3.05) is 0 Å². The van der Waals surface area contributed by atoms with E-state index in [1.165, 1.54) is 16.7 Å². The quantitative estimate of drug-likeness (QED) is 0.252. The van der Waals surface area contributed by atoms with E-state index in [1.807, 2.05) is 12.1 Å². The molecule has 2 aromatic carbocycles. The Labute approximate surface area is 247 Å². The number of aliphatic hydroxyl groups is 2. The fraction of sp³-hybridized carbons (Fsp3) is 0.606. The van der Waals surface area contributed by atoms with Crippen LogP contribution in [0.4, 0.5) is 0 Å². The second kappa shape index (κ2) is 13.0. The fourth-order valence-corrected chi connectivity index (χ4v) is 8.08. The molecular formula is C33H46IrNO2S-. The van der Waals surface area contributed by atoms with Gasteiger partial charge in [-0.05, 0) is 79.7 Å². The zero-order valence-electron chi connectivity index (χ0n) is 24.0. The SMILES string of the molecule is CC(C)c1cc[c-]c(-c2nc3ccccc3s2)c1.CCC1(CC)CCC2CC(CC)(CC)C(O)C2C1O.[Ir]. The van der Waals surface area contributed by atoms with Crippen molar-refractivity contribution in [2.45, 2.75) is 105 Å². The van der Waals surface area contributed by atoms with Gasteiger partial charge in [-0.25, -0.2) is 0 Å².